The molecule has 0 saturated heterocycles. The number of benzene rings is 1. The molecule has 1 heterocycles. The van der Waals surface area contributed by atoms with Crippen LogP contribution in [0.1, 0.15) is 17.4 Å². The molecule has 0 aliphatic carbocycles. The first-order chi connectivity index (χ1) is 7.74. The second-order valence-corrected chi connectivity index (χ2v) is 3.52. The number of hydrogen-bond donors (Lipinski definition) is 1. The van der Waals surface area contributed by atoms with Crippen LogP contribution in [-0.2, 0) is 6.54 Å². The molecule has 2 aromatic rings. The van der Waals surface area contributed by atoms with Gasteiger partial charge in [0, 0.05) is 12.2 Å². The van der Waals surface area contributed by atoms with Crippen molar-refractivity contribution in [1.82, 2.24) is 4.57 Å². The molecule has 0 bridgehead atoms. The second kappa shape index (κ2) is 4.23. The lowest BCUT2D eigenvalue weighted by Gasteiger charge is -2.08. The first kappa shape index (κ1) is 10.5. The van der Waals surface area contributed by atoms with Crippen LogP contribution in [0.2, 0.25) is 0 Å². The van der Waals surface area contributed by atoms with E-state index in [2.05, 4.69) is 0 Å². The van der Waals surface area contributed by atoms with E-state index in [0.29, 0.717) is 12.2 Å². The van der Waals surface area contributed by atoms with E-state index in [1.54, 1.807) is 10.6 Å². The molecule has 1 N–H and O–H groups in total. The Balaban J connectivity index is 2.54. The quantitative estimate of drug-likeness (QED) is 0.855. The van der Waals surface area contributed by atoms with E-state index in [4.69, 9.17) is 5.11 Å². The number of aromatic nitrogens is 1. The summed E-state index contributed by atoms with van der Waals surface area (Å²) in [5.41, 5.74) is 2.32. The minimum absolute atomic E-state index is 0.335. The number of hydrogen-bond acceptors (Lipinski definition) is 1. The molecule has 0 fully saturated rings. The van der Waals surface area contributed by atoms with Gasteiger partial charge in [-0.2, -0.15) is 0 Å². The van der Waals surface area contributed by atoms with E-state index in [-0.39, 0.29) is 0 Å². The van der Waals surface area contributed by atoms with Crippen LogP contribution in [0.15, 0.2) is 42.5 Å². The van der Waals surface area contributed by atoms with Crippen LogP contribution in [0, 0.1) is 0 Å². The molecule has 0 saturated carbocycles. The highest BCUT2D eigenvalue weighted by Crippen LogP contribution is 2.22. The highest BCUT2D eigenvalue weighted by molar-refractivity contribution is 5.87. The van der Waals surface area contributed by atoms with Crippen LogP contribution in [-0.4, -0.2) is 15.6 Å². The van der Waals surface area contributed by atoms with Crippen LogP contribution in [0.25, 0.3) is 11.3 Å². The fourth-order valence-electron chi connectivity index (χ4n) is 1.86. The average molecular weight is 215 g/mol. The van der Waals surface area contributed by atoms with E-state index in [0.717, 1.165) is 11.3 Å². The van der Waals surface area contributed by atoms with E-state index < -0.39 is 5.97 Å². The van der Waals surface area contributed by atoms with Gasteiger partial charge in [0.25, 0.3) is 0 Å². The summed E-state index contributed by atoms with van der Waals surface area (Å²) in [6, 6.07) is 13.3. The molecule has 3 nitrogen and oxygen atoms in total. The van der Waals surface area contributed by atoms with E-state index in [9.17, 15) is 4.79 Å². The summed E-state index contributed by atoms with van der Waals surface area (Å²) in [6.07, 6.45) is 0. The molecule has 0 atom stereocenters. The van der Waals surface area contributed by atoms with Crippen LogP contribution in [0.3, 0.4) is 0 Å². The number of carboxylic acid groups (broad SMARTS) is 1. The molecule has 1 aromatic heterocycles. The SMILES string of the molecule is CCn1c(C(=O)O)ccc1-c1ccccc1. The lowest BCUT2D eigenvalue weighted by molar-refractivity contribution is 0.0685. The zero-order valence-corrected chi connectivity index (χ0v) is 9.05. The molecule has 2 rings (SSSR count). The smallest absolute Gasteiger partial charge is 0.352 e. The normalized spacial score (nSPS) is 10.3. The van der Waals surface area contributed by atoms with E-state index >= 15 is 0 Å². The molecule has 0 amide bonds. The minimum Gasteiger partial charge on any atom is -0.477 e. The third-order valence-corrected chi connectivity index (χ3v) is 2.59. The molecular formula is C13H13NO2. The Morgan fingerprint density at radius 3 is 2.44 bits per heavy atom. The monoisotopic (exact) mass is 215 g/mol. The van der Waals surface area contributed by atoms with Gasteiger partial charge in [-0.05, 0) is 24.6 Å². The Bertz CT molecular complexity index is 500. The van der Waals surface area contributed by atoms with Gasteiger partial charge in [0.15, 0.2) is 0 Å². The number of carboxylic acids is 1. The fraction of sp³-hybridized carbons (Fsp3) is 0.154. The van der Waals surface area contributed by atoms with Gasteiger partial charge < -0.3 is 9.67 Å². The fourth-order valence-corrected chi connectivity index (χ4v) is 1.86. The van der Waals surface area contributed by atoms with Crippen molar-refractivity contribution in [3.8, 4) is 11.3 Å². The number of aromatic carboxylic acids is 1. The first-order valence-corrected chi connectivity index (χ1v) is 5.22. The Morgan fingerprint density at radius 1 is 1.19 bits per heavy atom. The van der Waals surface area contributed by atoms with Gasteiger partial charge in [0.05, 0.1) is 0 Å². The van der Waals surface area contributed by atoms with E-state index in [1.807, 2.05) is 43.3 Å². The molecule has 16 heavy (non-hydrogen) atoms. The van der Waals surface area contributed by atoms with Crippen LogP contribution < -0.4 is 0 Å². The van der Waals surface area contributed by atoms with Gasteiger partial charge in [-0.25, -0.2) is 4.79 Å². The summed E-state index contributed by atoms with van der Waals surface area (Å²) in [5.74, 6) is -0.885. The van der Waals surface area contributed by atoms with Gasteiger partial charge in [-0.1, -0.05) is 30.3 Å². The van der Waals surface area contributed by atoms with Gasteiger partial charge in [0.2, 0.25) is 0 Å². The van der Waals surface area contributed by atoms with Crippen LogP contribution >= 0.6 is 0 Å². The predicted octanol–water partition coefficient (Wildman–Crippen LogP) is 2.87. The molecule has 0 spiro atoms. The second-order valence-electron chi connectivity index (χ2n) is 3.52. The topological polar surface area (TPSA) is 42.2 Å². The van der Waals surface area contributed by atoms with Crippen molar-refractivity contribution in [2.75, 3.05) is 0 Å². The van der Waals surface area contributed by atoms with Crippen molar-refractivity contribution >= 4 is 5.97 Å². The maximum absolute atomic E-state index is 11.0. The maximum atomic E-state index is 11.0. The lowest BCUT2D eigenvalue weighted by atomic mass is 10.1. The Kier molecular flexibility index (Phi) is 2.77. The van der Waals surface area contributed by atoms with Crippen molar-refractivity contribution in [3.05, 3.63) is 48.2 Å². The summed E-state index contributed by atoms with van der Waals surface area (Å²) in [6.45, 7) is 2.59. The maximum Gasteiger partial charge on any atom is 0.352 e. The highest BCUT2D eigenvalue weighted by Gasteiger charge is 2.13. The summed E-state index contributed by atoms with van der Waals surface area (Å²) in [5, 5.41) is 9.04. The van der Waals surface area contributed by atoms with E-state index in [1.165, 1.54) is 0 Å². The van der Waals surface area contributed by atoms with Gasteiger partial charge in [-0.15, -0.1) is 0 Å². The lowest BCUT2D eigenvalue weighted by Crippen LogP contribution is -2.08. The van der Waals surface area contributed by atoms with Gasteiger partial charge in [-0.3, -0.25) is 0 Å². The van der Waals surface area contributed by atoms with Crippen molar-refractivity contribution in [1.29, 1.82) is 0 Å². The Hall–Kier alpha value is -2.03. The molecule has 0 aliphatic rings. The predicted molar refractivity (Wildman–Crippen MR) is 62.5 cm³/mol. The zero-order valence-electron chi connectivity index (χ0n) is 9.05. The van der Waals surface area contributed by atoms with Crippen LogP contribution in [0.4, 0.5) is 0 Å². The summed E-state index contributed by atoms with van der Waals surface area (Å²) in [4.78, 5) is 11.0. The zero-order chi connectivity index (χ0) is 11.5. The highest BCUT2D eigenvalue weighted by atomic mass is 16.4. The molecule has 0 unspecified atom stereocenters. The van der Waals surface area contributed by atoms with Crippen molar-refractivity contribution in [2.24, 2.45) is 0 Å². The third kappa shape index (κ3) is 1.72. The molecule has 3 heteroatoms. The standard InChI is InChI=1S/C13H13NO2/c1-2-14-11(8-9-12(14)13(15)16)10-6-4-3-5-7-10/h3-9H,2H2,1H3,(H,15,16). The van der Waals surface area contributed by atoms with Crippen molar-refractivity contribution in [2.45, 2.75) is 13.5 Å². The summed E-state index contributed by atoms with van der Waals surface area (Å²) >= 11 is 0. The number of rotatable bonds is 3. The van der Waals surface area contributed by atoms with Gasteiger partial charge in [0.1, 0.15) is 5.69 Å². The molecule has 1 aromatic carbocycles. The molecule has 82 valence electrons. The van der Waals surface area contributed by atoms with Crippen molar-refractivity contribution in [3.63, 3.8) is 0 Å². The summed E-state index contributed by atoms with van der Waals surface area (Å²) in [7, 11) is 0. The minimum atomic E-state index is -0.885. The number of carbonyl (C=O) groups is 1. The summed E-state index contributed by atoms with van der Waals surface area (Å²) < 4.78 is 1.80. The first-order valence-electron chi connectivity index (χ1n) is 5.22. The van der Waals surface area contributed by atoms with Crippen molar-refractivity contribution < 1.29 is 9.90 Å². The Morgan fingerprint density at radius 2 is 1.88 bits per heavy atom. The largest absolute Gasteiger partial charge is 0.477 e. The third-order valence-electron chi connectivity index (χ3n) is 2.59. The van der Waals surface area contributed by atoms with Crippen LogP contribution in [0.5, 0.6) is 0 Å². The van der Waals surface area contributed by atoms with Gasteiger partial charge >= 0.3 is 5.97 Å². The molecule has 0 radical (unpaired) electrons. The molecule has 0 aliphatic heterocycles. The average Bonchev–Trinajstić information content (AvgIpc) is 2.73. The molecular weight excluding hydrogens is 202 g/mol. The number of nitrogens with zero attached hydrogens (tertiary/aromatic N) is 1. The Labute approximate surface area is 94.0 Å².